The number of piperidine rings is 1. The lowest BCUT2D eigenvalue weighted by Gasteiger charge is -2.27. The van der Waals surface area contributed by atoms with E-state index in [1.54, 1.807) is 5.06 Å². The standard InChI is InChI=1S/C9H15NO2S/c1-7(2)9(11)12-10-6-4-3-5-8(10)13/h7H,3-6H2,1-2H3. The first kappa shape index (κ1) is 10.4. The van der Waals surface area contributed by atoms with Gasteiger partial charge in [0.15, 0.2) is 0 Å². The van der Waals surface area contributed by atoms with Crippen molar-refractivity contribution in [1.29, 1.82) is 0 Å². The number of nitrogens with zero attached hydrogens (tertiary/aromatic N) is 1. The van der Waals surface area contributed by atoms with Crippen molar-refractivity contribution in [2.45, 2.75) is 33.1 Å². The molecule has 1 rings (SSSR count). The van der Waals surface area contributed by atoms with Crippen molar-refractivity contribution in [3.63, 3.8) is 0 Å². The average molecular weight is 201 g/mol. The third kappa shape index (κ3) is 2.95. The Hall–Kier alpha value is -0.640. The van der Waals surface area contributed by atoms with Gasteiger partial charge in [0.05, 0.1) is 12.5 Å². The van der Waals surface area contributed by atoms with E-state index < -0.39 is 0 Å². The Morgan fingerprint density at radius 3 is 2.77 bits per heavy atom. The predicted molar refractivity (Wildman–Crippen MR) is 54.1 cm³/mol. The molecule has 0 aliphatic carbocycles. The molecule has 1 heterocycles. The molecule has 0 unspecified atom stereocenters. The minimum absolute atomic E-state index is 0.0928. The monoisotopic (exact) mass is 201 g/mol. The maximum atomic E-state index is 11.2. The third-order valence-corrected chi connectivity index (χ3v) is 2.36. The van der Waals surface area contributed by atoms with E-state index in [0.29, 0.717) is 0 Å². The molecule has 0 amide bonds. The lowest BCUT2D eigenvalue weighted by atomic mass is 10.2. The summed E-state index contributed by atoms with van der Waals surface area (Å²) < 4.78 is 0. The molecule has 74 valence electrons. The zero-order valence-corrected chi connectivity index (χ0v) is 8.89. The van der Waals surface area contributed by atoms with Gasteiger partial charge in [-0.2, -0.15) is 5.06 Å². The van der Waals surface area contributed by atoms with Crippen LogP contribution in [0.2, 0.25) is 0 Å². The molecule has 0 radical (unpaired) electrons. The number of carbonyl (C=O) groups excluding carboxylic acids is 1. The number of carbonyl (C=O) groups is 1. The number of hydrogen-bond donors (Lipinski definition) is 0. The van der Waals surface area contributed by atoms with Gasteiger partial charge in [0.1, 0.15) is 4.99 Å². The fraction of sp³-hybridized carbons (Fsp3) is 0.778. The van der Waals surface area contributed by atoms with E-state index in [4.69, 9.17) is 17.1 Å². The Morgan fingerprint density at radius 1 is 1.54 bits per heavy atom. The summed E-state index contributed by atoms with van der Waals surface area (Å²) in [5, 5.41) is 1.56. The number of hydroxylamine groups is 2. The van der Waals surface area contributed by atoms with Gasteiger partial charge < -0.3 is 4.84 Å². The molecule has 0 saturated carbocycles. The Balaban J connectivity index is 2.43. The van der Waals surface area contributed by atoms with Gasteiger partial charge in [0, 0.05) is 6.42 Å². The molecule has 0 atom stereocenters. The Bertz CT molecular complexity index is 216. The van der Waals surface area contributed by atoms with Crippen molar-refractivity contribution in [1.82, 2.24) is 5.06 Å². The molecule has 0 aromatic heterocycles. The second-order valence-electron chi connectivity index (χ2n) is 3.52. The second kappa shape index (κ2) is 4.56. The summed E-state index contributed by atoms with van der Waals surface area (Å²) in [6.07, 6.45) is 3.01. The van der Waals surface area contributed by atoms with Crippen LogP contribution in [-0.2, 0) is 9.63 Å². The van der Waals surface area contributed by atoms with Crippen molar-refractivity contribution in [2.75, 3.05) is 6.54 Å². The van der Waals surface area contributed by atoms with E-state index in [2.05, 4.69) is 0 Å². The van der Waals surface area contributed by atoms with Gasteiger partial charge in [-0.15, -0.1) is 0 Å². The lowest BCUT2D eigenvalue weighted by Crippen LogP contribution is -2.37. The summed E-state index contributed by atoms with van der Waals surface area (Å²) in [4.78, 5) is 17.1. The summed E-state index contributed by atoms with van der Waals surface area (Å²) in [6, 6.07) is 0. The Kier molecular flexibility index (Phi) is 3.66. The Morgan fingerprint density at radius 2 is 2.23 bits per heavy atom. The van der Waals surface area contributed by atoms with Crippen molar-refractivity contribution in [3.8, 4) is 0 Å². The molecule has 4 heteroatoms. The van der Waals surface area contributed by atoms with Crippen LogP contribution in [0.3, 0.4) is 0 Å². The molecule has 0 aromatic rings. The summed E-state index contributed by atoms with van der Waals surface area (Å²) in [7, 11) is 0. The van der Waals surface area contributed by atoms with Crippen LogP contribution in [0.1, 0.15) is 33.1 Å². The fourth-order valence-corrected chi connectivity index (χ4v) is 1.36. The topological polar surface area (TPSA) is 29.5 Å². The van der Waals surface area contributed by atoms with E-state index in [9.17, 15) is 4.79 Å². The summed E-state index contributed by atoms with van der Waals surface area (Å²) >= 11 is 5.08. The summed E-state index contributed by atoms with van der Waals surface area (Å²) in [5.74, 6) is -0.297. The highest BCUT2D eigenvalue weighted by molar-refractivity contribution is 7.80. The number of hydrogen-bond acceptors (Lipinski definition) is 3. The van der Waals surface area contributed by atoms with Crippen LogP contribution < -0.4 is 0 Å². The third-order valence-electron chi connectivity index (χ3n) is 1.95. The van der Waals surface area contributed by atoms with Crippen LogP contribution >= 0.6 is 12.2 Å². The molecule has 0 bridgehead atoms. The highest BCUT2D eigenvalue weighted by Gasteiger charge is 2.20. The molecular formula is C9H15NO2S. The molecule has 1 saturated heterocycles. The van der Waals surface area contributed by atoms with Crippen molar-refractivity contribution >= 4 is 23.2 Å². The predicted octanol–water partition coefficient (Wildman–Crippen LogP) is 1.91. The largest absolute Gasteiger partial charge is 0.340 e. The van der Waals surface area contributed by atoms with Crippen LogP contribution in [0.15, 0.2) is 0 Å². The quantitative estimate of drug-likeness (QED) is 0.638. The first-order chi connectivity index (χ1) is 6.11. The minimum atomic E-state index is -0.204. The van der Waals surface area contributed by atoms with Crippen LogP contribution in [0.5, 0.6) is 0 Å². The van der Waals surface area contributed by atoms with E-state index in [1.807, 2.05) is 13.8 Å². The molecule has 3 nitrogen and oxygen atoms in total. The van der Waals surface area contributed by atoms with Crippen LogP contribution in [-0.4, -0.2) is 22.6 Å². The molecule has 1 aliphatic heterocycles. The molecule has 0 spiro atoms. The van der Waals surface area contributed by atoms with Crippen LogP contribution in [0.4, 0.5) is 0 Å². The molecular weight excluding hydrogens is 186 g/mol. The normalized spacial score (nSPS) is 17.8. The number of thiocarbonyl (C=S) groups is 1. The maximum absolute atomic E-state index is 11.2. The van der Waals surface area contributed by atoms with Gasteiger partial charge >= 0.3 is 5.97 Å². The molecule has 13 heavy (non-hydrogen) atoms. The van der Waals surface area contributed by atoms with Gasteiger partial charge in [0.25, 0.3) is 0 Å². The van der Waals surface area contributed by atoms with E-state index >= 15 is 0 Å². The first-order valence-electron chi connectivity index (χ1n) is 4.63. The fourth-order valence-electron chi connectivity index (χ4n) is 1.09. The zero-order valence-electron chi connectivity index (χ0n) is 8.08. The molecule has 0 aromatic carbocycles. The van der Waals surface area contributed by atoms with Crippen molar-refractivity contribution in [2.24, 2.45) is 5.92 Å². The van der Waals surface area contributed by atoms with Gasteiger partial charge in [-0.25, -0.2) is 4.79 Å². The van der Waals surface area contributed by atoms with Crippen LogP contribution in [0, 0.1) is 5.92 Å². The summed E-state index contributed by atoms with van der Waals surface area (Å²) in [5.41, 5.74) is 0. The van der Waals surface area contributed by atoms with Gasteiger partial charge in [-0.1, -0.05) is 26.1 Å². The maximum Gasteiger partial charge on any atom is 0.334 e. The first-order valence-corrected chi connectivity index (χ1v) is 5.04. The number of rotatable bonds is 2. The van der Waals surface area contributed by atoms with Gasteiger partial charge in [0.2, 0.25) is 0 Å². The SMILES string of the molecule is CC(C)C(=O)ON1CCCCC1=S. The molecule has 0 N–H and O–H groups in total. The van der Waals surface area contributed by atoms with Crippen molar-refractivity contribution < 1.29 is 9.63 Å². The minimum Gasteiger partial charge on any atom is -0.340 e. The molecule has 1 fully saturated rings. The highest BCUT2D eigenvalue weighted by Crippen LogP contribution is 2.13. The van der Waals surface area contributed by atoms with E-state index in [0.717, 1.165) is 30.8 Å². The van der Waals surface area contributed by atoms with Gasteiger partial charge in [-0.3, -0.25) is 0 Å². The Labute approximate surface area is 84.0 Å². The van der Waals surface area contributed by atoms with E-state index in [1.165, 1.54) is 0 Å². The zero-order chi connectivity index (χ0) is 9.84. The second-order valence-corrected chi connectivity index (χ2v) is 3.99. The van der Waals surface area contributed by atoms with E-state index in [-0.39, 0.29) is 11.9 Å². The smallest absolute Gasteiger partial charge is 0.334 e. The van der Waals surface area contributed by atoms with Crippen molar-refractivity contribution in [3.05, 3.63) is 0 Å². The van der Waals surface area contributed by atoms with Gasteiger partial charge in [-0.05, 0) is 12.8 Å². The highest BCUT2D eigenvalue weighted by atomic mass is 32.1. The molecule has 1 aliphatic rings. The summed E-state index contributed by atoms with van der Waals surface area (Å²) in [6.45, 7) is 4.38. The lowest BCUT2D eigenvalue weighted by molar-refractivity contribution is -0.177. The average Bonchev–Trinajstić information content (AvgIpc) is 2.08. The van der Waals surface area contributed by atoms with Crippen LogP contribution in [0.25, 0.3) is 0 Å².